The molecule has 1 rings (SSSR count). The lowest BCUT2D eigenvalue weighted by atomic mass is 10.2. The van der Waals surface area contributed by atoms with E-state index in [1.165, 1.54) is 5.57 Å². The summed E-state index contributed by atoms with van der Waals surface area (Å²) < 4.78 is 15.7. The van der Waals surface area contributed by atoms with E-state index in [4.69, 9.17) is 0 Å². The maximum absolute atomic E-state index is 11.7. The molecule has 2 nitrogen and oxygen atoms in total. The monoisotopic (exact) mass is 199 g/mol. The molecule has 74 valence electrons. The summed E-state index contributed by atoms with van der Waals surface area (Å²) in [4.78, 5) is 0. The smallest absolute Gasteiger partial charge is 0.144 e. The standard InChI is InChI=1S/C10H17NOS/c1-8-6-5-7-9(8)11-13(12)10(2,3)4/h6H,5,7H2,1-4H3. The highest BCUT2D eigenvalue weighted by Crippen LogP contribution is 2.22. The molecule has 0 aliphatic heterocycles. The van der Waals surface area contributed by atoms with Crippen LogP contribution in [-0.2, 0) is 11.4 Å². The Bertz CT molecular complexity index is 250. The van der Waals surface area contributed by atoms with Crippen LogP contribution in [0.25, 0.3) is 0 Å². The summed E-state index contributed by atoms with van der Waals surface area (Å²) in [6.07, 6.45) is 4.15. The van der Waals surface area contributed by atoms with Crippen molar-refractivity contribution in [1.29, 1.82) is 0 Å². The summed E-state index contributed by atoms with van der Waals surface area (Å²) in [7, 11) is 0. The Morgan fingerprint density at radius 3 is 2.46 bits per heavy atom. The molecule has 0 aromatic heterocycles. The van der Waals surface area contributed by atoms with Gasteiger partial charge in [0.1, 0.15) is 16.1 Å². The fourth-order valence-corrected chi connectivity index (χ4v) is 1.80. The SMILES string of the molecule is CC1=CCCC1=N[S+]([O-])C(C)(C)C. The highest BCUT2D eigenvalue weighted by atomic mass is 32.2. The Kier molecular flexibility index (Phi) is 3.19. The zero-order valence-corrected chi connectivity index (χ0v) is 9.57. The fourth-order valence-electron chi connectivity index (χ4n) is 1.10. The third-order valence-electron chi connectivity index (χ3n) is 2.00. The van der Waals surface area contributed by atoms with Crippen molar-refractivity contribution in [1.82, 2.24) is 0 Å². The lowest BCUT2D eigenvalue weighted by Crippen LogP contribution is -2.26. The van der Waals surface area contributed by atoms with Crippen molar-refractivity contribution in [3.8, 4) is 0 Å². The van der Waals surface area contributed by atoms with Crippen molar-refractivity contribution in [2.75, 3.05) is 0 Å². The van der Waals surface area contributed by atoms with E-state index >= 15 is 0 Å². The molecule has 0 amide bonds. The van der Waals surface area contributed by atoms with Crippen LogP contribution in [0.1, 0.15) is 40.5 Å². The molecule has 1 aliphatic carbocycles. The molecule has 1 aliphatic rings. The number of allylic oxidation sites excluding steroid dienone is 2. The number of hydrogen-bond acceptors (Lipinski definition) is 2. The van der Waals surface area contributed by atoms with Crippen molar-refractivity contribution in [2.24, 2.45) is 4.40 Å². The van der Waals surface area contributed by atoms with E-state index in [0.717, 1.165) is 18.6 Å². The topological polar surface area (TPSA) is 35.4 Å². The lowest BCUT2D eigenvalue weighted by molar-refractivity contribution is 0.561. The van der Waals surface area contributed by atoms with Crippen molar-refractivity contribution in [2.45, 2.75) is 45.3 Å². The number of hydrogen-bond donors (Lipinski definition) is 0. The lowest BCUT2D eigenvalue weighted by Gasteiger charge is -2.18. The van der Waals surface area contributed by atoms with Gasteiger partial charge in [0.2, 0.25) is 0 Å². The van der Waals surface area contributed by atoms with Gasteiger partial charge in [0.25, 0.3) is 0 Å². The van der Waals surface area contributed by atoms with Crippen molar-refractivity contribution >= 4 is 17.1 Å². The summed E-state index contributed by atoms with van der Waals surface area (Å²) in [5, 5.41) is 0. The minimum Gasteiger partial charge on any atom is -0.591 e. The van der Waals surface area contributed by atoms with Crippen molar-refractivity contribution < 1.29 is 4.55 Å². The third kappa shape index (κ3) is 2.85. The number of rotatable bonds is 1. The Morgan fingerprint density at radius 1 is 1.46 bits per heavy atom. The van der Waals surface area contributed by atoms with Gasteiger partial charge in [0.15, 0.2) is 0 Å². The molecule has 0 aromatic carbocycles. The first-order valence-corrected chi connectivity index (χ1v) is 5.68. The van der Waals surface area contributed by atoms with E-state index in [1.807, 2.05) is 27.7 Å². The van der Waals surface area contributed by atoms with Gasteiger partial charge >= 0.3 is 0 Å². The Labute approximate surface area is 83.5 Å². The molecule has 0 saturated carbocycles. The molecule has 0 N–H and O–H groups in total. The average Bonchev–Trinajstić information content (AvgIpc) is 2.34. The van der Waals surface area contributed by atoms with Crippen LogP contribution in [0.15, 0.2) is 16.0 Å². The minimum atomic E-state index is -1.10. The highest BCUT2D eigenvalue weighted by Gasteiger charge is 2.27. The second kappa shape index (κ2) is 3.84. The average molecular weight is 199 g/mol. The van der Waals surface area contributed by atoms with Gasteiger partial charge in [0, 0.05) is 0 Å². The molecule has 0 bridgehead atoms. The summed E-state index contributed by atoms with van der Waals surface area (Å²) >= 11 is -1.10. The number of nitrogens with zero attached hydrogens (tertiary/aromatic N) is 1. The van der Waals surface area contributed by atoms with Crippen LogP contribution in [0.3, 0.4) is 0 Å². The molecule has 0 aromatic rings. The summed E-state index contributed by atoms with van der Waals surface area (Å²) in [6, 6.07) is 0. The minimum absolute atomic E-state index is 0.240. The molecular weight excluding hydrogens is 182 g/mol. The van der Waals surface area contributed by atoms with E-state index in [-0.39, 0.29) is 4.75 Å². The fraction of sp³-hybridized carbons (Fsp3) is 0.700. The second-order valence-electron chi connectivity index (χ2n) is 4.33. The highest BCUT2D eigenvalue weighted by molar-refractivity contribution is 7.91. The van der Waals surface area contributed by atoms with Crippen molar-refractivity contribution in [3.63, 3.8) is 0 Å². The summed E-state index contributed by atoms with van der Waals surface area (Å²) in [5.41, 5.74) is 2.21. The second-order valence-corrected chi connectivity index (χ2v) is 6.23. The third-order valence-corrected chi connectivity index (χ3v) is 3.44. The van der Waals surface area contributed by atoms with E-state index in [2.05, 4.69) is 10.5 Å². The quantitative estimate of drug-likeness (QED) is 0.598. The zero-order valence-electron chi connectivity index (χ0n) is 8.76. The normalized spacial score (nSPS) is 23.5. The predicted molar refractivity (Wildman–Crippen MR) is 58.3 cm³/mol. The molecule has 1 unspecified atom stereocenters. The van der Waals surface area contributed by atoms with E-state index in [1.54, 1.807) is 0 Å². The van der Waals surface area contributed by atoms with Gasteiger partial charge in [-0.15, -0.1) is 0 Å². The predicted octanol–water partition coefficient (Wildman–Crippen LogP) is 2.63. The summed E-state index contributed by atoms with van der Waals surface area (Å²) in [6.45, 7) is 7.87. The van der Waals surface area contributed by atoms with Crippen LogP contribution in [0.5, 0.6) is 0 Å². The maximum Gasteiger partial charge on any atom is 0.144 e. The van der Waals surface area contributed by atoms with Gasteiger partial charge in [-0.2, -0.15) is 0 Å². The van der Waals surface area contributed by atoms with Gasteiger partial charge in [-0.1, -0.05) is 10.5 Å². The van der Waals surface area contributed by atoms with E-state index < -0.39 is 11.4 Å². The van der Waals surface area contributed by atoms with Crippen LogP contribution in [0.2, 0.25) is 0 Å². The van der Waals surface area contributed by atoms with Gasteiger partial charge in [-0.05, 0) is 46.1 Å². The molecule has 0 saturated heterocycles. The van der Waals surface area contributed by atoms with Crippen molar-refractivity contribution in [3.05, 3.63) is 11.6 Å². The molecule has 0 radical (unpaired) electrons. The molecule has 1 atom stereocenters. The molecule has 0 fully saturated rings. The molecule has 3 heteroatoms. The first kappa shape index (κ1) is 10.8. The summed E-state index contributed by atoms with van der Waals surface area (Å²) in [5.74, 6) is 0. The van der Waals surface area contributed by atoms with Gasteiger partial charge in [-0.25, -0.2) is 0 Å². The van der Waals surface area contributed by atoms with Gasteiger partial charge in [0.05, 0.1) is 5.71 Å². The molecular formula is C10H17NOS. The van der Waals surface area contributed by atoms with Gasteiger partial charge < -0.3 is 4.55 Å². The van der Waals surface area contributed by atoms with Crippen LogP contribution < -0.4 is 0 Å². The largest absolute Gasteiger partial charge is 0.591 e. The van der Waals surface area contributed by atoms with Gasteiger partial charge in [-0.3, -0.25) is 0 Å². The Morgan fingerprint density at radius 2 is 2.08 bits per heavy atom. The van der Waals surface area contributed by atoms with E-state index in [9.17, 15) is 4.55 Å². The van der Waals surface area contributed by atoms with Crippen LogP contribution in [0.4, 0.5) is 0 Å². The van der Waals surface area contributed by atoms with Crippen LogP contribution >= 0.6 is 0 Å². The molecule has 0 heterocycles. The Balaban J connectivity index is 2.71. The Hall–Kier alpha value is -0.280. The first-order chi connectivity index (χ1) is 5.91. The molecule has 13 heavy (non-hydrogen) atoms. The van der Waals surface area contributed by atoms with Crippen LogP contribution in [0, 0.1) is 0 Å². The van der Waals surface area contributed by atoms with E-state index in [0.29, 0.717) is 0 Å². The zero-order chi connectivity index (χ0) is 10.1. The maximum atomic E-state index is 11.7. The first-order valence-electron chi connectivity index (χ1n) is 4.58. The van der Waals surface area contributed by atoms with Crippen LogP contribution in [-0.4, -0.2) is 15.0 Å². The molecule has 0 spiro atoms.